The first kappa shape index (κ1) is 25.7. The predicted molar refractivity (Wildman–Crippen MR) is 151 cm³/mol. The summed E-state index contributed by atoms with van der Waals surface area (Å²) >= 11 is 7.59. The number of benzene rings is 2. The zero-order chi connectivity index (χ0) is 26.6. The average Bonchev–Trinajstić information content (AvgIpc) is 3.53. The third-order valence-electron chi connectivity index (χ3n) is 6.07. The molecule has 194 valence electrons. The number of anilines is 1. The summed E-state index contributed by atoms with van der Waals surface area (Å²) in [4.78, 5) is 21.5. The Balaban J connectivity index is 1.44. The van der Waals surface area contributed by atoms with Crippen LogP contribution in [0.1, 0.15) is 34.7 Å². The van der Waals surface area contributed by atoms with Gasteiger partial charge in [0.15, 0.2) is 0 Å². The second-order valence-electron chi connectivity index (χ2n) is 8.68. The average molecular weight is 548 g/mol. The molecule has 0 saturated heterocycles. The van der Waals surface area contributed by atoms with Crippen LogP contribution in [0.4, 0.5) is 5.82 Å². The van der Waals surface area contributed by atoms with E-state index >= 15 is 0 Å². The number of ether oxygens (including phenoxy) is 1. The molecule has 5 aromatic rings. The maximum atomic E-state index is 12.2. The zero-order valence-electron chi connectivity index (χ0n) is 20.6. The molecule has 0 fully saturated rings. The lowest BCUT2D eigenvalue weighted by atomic mass is 10.1. The van der Waals surface area contributed by atoms with Crippen molar-refractivity contribution in [3.63, 3.8) is 0 Å². The van der Waals surface area contributed by atoms with Crippen LogP contribution in [0.5, 0.6) is 5.75 Å². The van der Waals surface area contributed by atoms with E-state index in [4.69, 9.17) is 27.2 Å². The highest BCUT2D eigenvalue weighted by Crippen LogP contribution is 2.37. The van der Waals surface area contributed by atoms with Crippen LogP contribution in [0.15, 0.2) is 73.2 Å². The van der Waals surface area contributed by atoms with E-state index in [1.165, 1.54) is 11.3 Å². The first-order valence-electron chi connectivity index (χ1n) is 12.1. The number of imidazole rings is 1. The Morgan fingerprint density at radius 2 is 1.97 bits per heavy atom. The Labute approximate surface area is 228 Å². The number of carbonyl (C=O) groups excluding carboxylic acids is 1. The summed E-state index contributed by atoms with van der Waals surface area (Å²) in [6.45, 7) is 2.66. The van der Waals surface area contributed by atoms with Crippen molar-refractivity contribution in [2.24, 2.45) is 5.73 Å². The molecule has 1 atom stereocenters. The summed E-state index contributed by atoms with van der Waals surface area (Å²) in [5.74, 6) is 0.592. The van der Waals surface area contributed by atoms with Gasteiger partial charge in [0.2, 0.25) is 0 Å². The van der Waals surface area contributed by atoms with Gasteiger partial charge in [0.25, 0.3) is 5.91 Å². The summed E-state index contributed by atoms with van der Waals surface area (Å²) in [5, 5.41) is 13.6. The molecule has 0 bridgehead atoms. The van der Waals surface area contributed by atoms with Crippen molar-refractivity contribution in [2.45, 2.75) is 19.4 Å². The van der Waals surface area contributed by atoms with Crippen LogP contribution in [-0.4, -0.2) is 38.7 Å². The second kappa shape index (κ2) is 11.2. The maximum absolute atomic E-state index is 12.2. The molecule has 1 unspecified atom stereocenters. The van der Waals surface area contributed by atoms with Crippen molar-refractivity contribution in [1.29, 1.82) is 0 Å². The van der Waals surface area contributed by atoms with Gasteiger partial charge in [-0.25, -0.2) is 9.97 Å². The van der Waals surface area contributed by atoms with Crippen LogP contribution in [0.3, 0.4) is 0 Å². The molecule has 0 aliphatic heterocycles. The van der Waals surface area contributed by atoms with Gasteiger partial charge in [-0.2, -0.15) is 0 Å². The van der Waals surface area contributed by atoms with E-state index in [1.807, 2.05) is 60.0 Å². The van der Waals surface area contributed by atoms with E-state index in [0.29, 0.717) is 28.6 Å². The second-order valence-corrected chi connectivity index (χ2v) is 10.1. The van der Waals surface area contributed by atoms with Gasteiger partial charge in [-0.3, -0.25) is 9.36 Å². The fraction of sp³-hybridized carbons (Fsp3) is 0.179. The van der Waals surface area contributed by atoms with Gasteiger partial charge in [0, 0.05) is 36.0 Å². The molecule has 38 heavy (non-hydrogen) atoms. The standard InChI is InChI=1S/C28H26ClN5O3S/c1-17(20-5-2-3-6-21(20)29)37-24-15-26(38-27(24)28(30)36)34-16-33-22-13-18(7-8-23(22)34)19-9-11-32-25(14-19)31-10-4-12-35/h2-3,5-9,11,13-17,35H,4,10,12H2,1H3,(H2,30,36)(H,31,32). The number of carbonyl (C=O) groups is 1. The van der Waals surface area contributed by atoms with Crippen molar-refractivity contribution < 1.29 is 14.6 Å². The normalized spacial score (nSPS) is 12.0. The number of aliphatic hydroxyl groups excluding tert-OH is 1. The highest BCUT2D eigenvalue weighted by molar-refractivity contribution is 7.16. The maximum Gasteiger partial charge on any atom is 0.262 e. The summed E-state index contributed by atoms with van der Waals surface area (Å²) < 4.78 is 8.07. The minimum absolute atomic E-state index is 0.130. The number of thiophene rings is 1. The number of hydrogen-bond acceptors (Lipinski definition) is 7. The van der Waals surface area contributed by atoms with Gasteiger partial charge in [-0.1, -0.05) is 35.9 Å². The van der Waals surface area contributed by atoms with Crippen LogP contribution in [0, 0.1) is 0 Å². The predicted octanol–water partition coefficient (Wildman–Crippen LogP) is 5.84. The van der Waals surface area contributed by atoms with Gasteiger partial charge in [0.1, 0.15) is 33.9 Å². The highest BCUT2D eigenvalue weighted by Gasteiger charge is 2.21. The molecule has 0 aliphatic rings. The van der Waals surface area contributed by atoms with Crippen LogP contribution >= 0.6 is 22.9 Å². The smallest absolute Gasteiger partial charge is 0.262 e. The number of aliphatic hydroxyl groups is 1. The number of aromatic nitrogens is 3. The highest BCUT2D eigenvalue weighted by atomic mass is 35.5. The number of nitrogens with zero attached hydrogens (tertiary/aromatic N) is 3. The molecule has 0 saturated carbocycles. The van der Waals surface area contributed by atoms with E-state index in [9.17, 15) is 4.79 Å². The van der Waals surface area contributed by atoms with E-state index in [-0.39, 0.29) is 12.7 Å². The Kier molecular flexibility index (Phi) is 7.59. The largest absolute Gasteiger partial charge is 0.484 e. The third-order valence-corrected chi connectivity index (χ3v) is 7.55. The minimum Gasteiger partial charge on any atom is -0.484 e. The van der Waals surface area contributed by atoms with Crippen molar-refractivity contribution in [2.75, 3.05) is 18.5 Å². The van der Waals surface area contributed by atoms with E-state index in [2.05, 4.69) is 15.3 Å². The number of halogens is 1. The Morgan fingerprint density at radius 3 is 2.76 bits per heavy atom. The molecule has 0 radical (unpaired) electrons. The van der Waals surface area contributed by atoms with Crippen molar-refractivity contribution in [3.8, 4) is 21.9 Å². The van der Waals surface area contributed by atoms with Gasteiger partial charge < -0.3 is 20.9 Å². The van der Waals surface area contributed by atoms with E-state index in [0.717, 1.165) is 38.5 Å². The summed E-state index contributed by atoms with van der Waals surface area (Å²) in [6.07, 6.45) is 3.75. The van der Waals surface area contributed by atoms with Crippen molar-refractivity contribution in [3.05, 3.63) is 88.7 Å². The van der Waals surface area contributed by atoms with E-state index < -0.39 is 5.91 Å². The lowest BCUT2D eigenvalue weighted by molar-refractivity contribution is 0.0998. The number of rotatable bonds is 10. The van der Waals surface area contributed by atoms with Crippen LogP contribution in [-0.2, 0) is 0 Å². The lowest BCUT2D eigenvalue weighted by Gasteiger charge is -2.16. The summed E-state index contributed by atoms with van der Waals surface area (Å²) in [6, 6.07) is 19.2. The van der Waals surface area contributed by atoms with E-state index in [1.54, 1.807) is 24.7 Å². The molecule has 3 aromatic heterocycles. The number of pyridine rings is 1. The van der Waals surface area contributed by atoms with Crippen LogP contribution < -0.4 is 15.8 Å². The molecule has 0 spiro atoms. The Hall–Kier alpha value is -3.92. The van der Waals surface area contributed by atoms with Crippen LogP contribution in [0.2, 0.25) is 5.02 Å². The molecule has 3 heterocycles. The molecule has 0 aliphatic carbocycles. The molecular formula is C28H26ClN5O3S. The number of primary amides is 1. The van der Waals surface area contributed by atoms with Gasteiger partial charge in [-0.15, -0.1) is 11.3 Å². The minimum atomic E-state index is -0.560. The van der Waals surface area contributed by atoms with Gasteiger partial charge >= 0.3 is 0 Å². The molecule has 2 aromatic carbocycles. The number of nitrogens with two attached hydrogens (primary N) is 1. The molecule has 4 N–H and O–H groups in total. The summed E-state index contributed by atoms with van der Waals surface area (Å²) in [5.41, 5.74) is 10.2. The molecule has 5 rings (SSSR count). The number of hydrogen-bond donors (Lipinski definition) is 3. The van der Waals surface area contributed by atoms with Crippen LogP contribution in [0.25, 0.3) is 27.2 Å². The fourth-order valence-electron chi connectivity index (χ4n) is 4.17. The fourth-order valence-corrected chi connectivity index (χ4v) is 5.39. The van der Waals surface area contributed by atoms with Crippen molar-refractivity contribution in [1.82, 2.24) is 14.5 Å². The van der Waals surface area contributed by atoms with Crippen molar-refractivity contribution >= 4 is 45.7 Å². The lowest BCUT2D eigenvalue weighted by Crippen LogP contribution is -2.12. The molecule has 10 heteroatoms. The third kappa shape index (κ3) is 5.35. The summed E-state index contributed by atoms with van der Waals surface area (Å²) in [7, 11) is 0. The monoisotopic (exact) mass is 547 g/mol. The Morgan fingerprint density at radius 1 is 1.16 bits per heavy atom. The van der Waals surface area contributed by atoms with Gasteiger partial charge in [-0.05, 0) is 54.8 Å². The topological polar surface area (TPSA) is 115 Å². The Bertz CT molecular complexity index is 1600. The first-order chi connectivity index (χ1) is 18.4. The molecule has 8 nitrogen and oxygen atoms in total. The molecular weight excluding hydrogens is 522 g/mol. The number of fused-ring (bicyclic) bond motifs is 1. The first-order valence-corrected chi connectivity index (χ1v) is 13.3. The number of nitrogens with one attached hydrogen (secondary N) is 1. The quantitative estimate of drug-likeness (QED) is 0.189. The van der Waals surface area contributed by atoms with Gasteiger partial charge in [0.05, 0.1) is 11.0 Å². The molecule has 1 amide bonds. The zero-order valence-corrected chi connectivity index (χ0v) is 22.2. The SMILES string of the molecule is CC(Oc1cc(-n2cnc3cc(-c4ccnc(NCCCO)c4)ccc32)sc1C(N)=O)c1ccccc1Cl. The number of amides is 1.